The van der Waals surface area contributed by atoms with E-state index in [-0.39, 0.29) is 5.91 Å². The summed E-state index contributed by atoms with van der Waals surface area (Å²) in [5.41, 5.74) is 1.53. The van der Waals surface area contributed by atoms with E-state index >= 15 is 0 Å². The van der Waals surface area contributed by atoms with Crippen LogP contribution in [0.4, 0.5) is 0 Å². The highest BCUT2D eigenvalue weighted by molar-refractivity contribution is 7.10. The molecule has 1 unspecified atom stereocenters. The maximum Gasteiger partial charge on any atom is 0.234 e. The Bertz CT molecular complexity index is 509. The topological polar surface area (TPSA) is 32.3 Å². The SMILES string of the molecule is O=C(CN1CCCC1c1cccs1)NCCC1=CCCCC1. The first-order valence-corrected chi connectivity index (χ1v) is 9.43. The number of hydrogen-bond acceptors (Lipinski definition) is 3. The average Bonchev–Trinajstić information content (AvgIpc) is 3.19. The second-order valence-corrected chi connectivity index (χ2v) is 7.33. The molecule has 1 N–H and O–H groups in total. The molecule has 0 saturated carbocycles. The minimum Gasteiger partial charge on any atom is -0.355 e. The smallest absolute Gasteiger partial charge is 0.234 e. The standard InChI is InChI=1S/C18H26N2OS/c21-18(19-11-10-15-6-2-1-3-7-15)14-20-12-4-8-16(20)17-9-5-13-22-17/h5-6,9,13,16H,1-4,7-8,10-12,14H2,(H,19,21). The predicted molar refractivity (Wildman–Crippen MR) is 92.0 cm³/mol. The number of carbonyl (C=O) groups is 1. The molecule has 1 aromatic heterocycles. The summed E-state index contributed by atoms with van der Waals surface area (Å²) in [6, 6.07) is 4.75. The molecule has 3 rings (SSSR count). The average molecular weight is 318 g/mol. The van der Waals surface area contributed by atoms with Crippen LogP contribution in [0, 0.1) is 0 Å². The zero-order valence-corrected chi connectivity index (χ0v) is 14.0. The molecule has 1 atom stereocenters. The summed E-state index contributed by atoms with van der Waals surface area (Å²) < 4.78 is 0. The maximum atomic E-state index is 12.2. The number of carbonyl (C=O) groups excluding carboxylic acids is 1. The van der Waals surface area contributed by atoms with Gasteiger partial charge in [0.1, 0.15) is 0 Å². The van der Waals surface area contributed by atoms with Crippen LogP contribution in [-0.2, 0) is 4.79 Å². The molecule has 3 nitrogen and oxygen atoms in total. The van der Waals surface area contributed by atoms with E-state index < -0.39 is 0 Å². The molecular weight excluding hydrogens is 292 g/mol. The lowest BCUT2D eigenvalue weighted by atomic mass is 9.97. The predicted octanol–water partition coefficient (Wildman–Crippen LogP) is 3.89. The van der Waals surface area contributed by atoms with E-state index in [0.717, 1.165) is 19.5 Å². The highest BCUT2D eigenvalue weighted by Gasteiger charge is 2.27. The molecular formula is C18H26N2OS. The second kappa shape index (κ2) is 7.93. The van der Waals surface area contributed by atoms with E-state index in [1.54, 1.807) is 11.3 Å². The zero-order chi connectivity index (χ0) is 15.2. The fourth-order valence-electron chi connectivity index (χ4n) is 3.55. The Kier molecular flexibility index (Phi) is 5.68. The van der Waals surface area contributed by atoms with Gasteiger partial charge in [-0.25, -0.2) is 0 Å². The Labute approximate surface area is 137 Å². The van der Waals surface area contributed by atoms with Crippen LogP contribution < -0.4 is 5.32 Å². The Hall–Kier alpha value is -1.13. The monoisotopic (exact) mass is 318 g/mol. The van der Waals surface area contributed by atoms with Crippen LogP contribution in [-0.4, -0.2) is 30.4 Å². The molecule has 0 radical (unpaired) electrons. The molecule has 2 heterocycles. The normalized spacial score (nSPS) is 22.5. The van der Waals surface area contributed by atoms with Crippen LogP contribution >= 0.6 is 11.3 Å². The van der Waals surface area contributed by atoms with Gasteiger partial charge in [-0.15, -0.1) is 11.3 Å². The Balaban J connectivity index is 1.42. The number of rotatable bonds is 6. The Morgan fingerprint density at radius 1 is 1.36 bits per heavy atom. The van der Waals surface area contributed by atoms with Gasteiger partial charge in [-0.3, -0.25) is 9.69 Å². The molecule has 1 aromatic rings. The van der Waals surface area contributed by atoms with E-state index in [1.165, 1.54) is 49.0 Å². The third kappa shape index (κ3) is 4.20. The highest BCUT2D eigenvalue weighted by atomic mass is 32.1. The van der Waals surface area contributed by atoms with Gasteiger partial charge in [-0.05, 0) is 62.9 Å². The van der Waals surface area contributed by atoms with Gasteiger partial charge in [0.2, 0.25) is 5.91 Å². The van der Waals surface area contributed by atoms with E-state index in [0.29, 0.717) is 12.6 Å². The molecule has 22 heavy (non-hydrogen) atoms. The maximum absolute atomic E-state index is 12.2. The van der Waals surface area contributed by atoms with Gasteiger partial charge in [0.05, 0.1) is 6.54 Å². The highest BCUT2D eigenvalue weighted by Crippen LogP contribution is 2.33. The van der Waals surface area contributed by atoms with E-state index in [4.69, 9.17) is 0 Å². The summed E-state index contributed by atoms with van der Waals surface area (Å²) in [5, 5.41) is 5.23. The summed E-state index contributed by atoms with van der Waals surface area (Å²) in [6.07, 6.45) is 10.9. The number of hydrogen-bond donors (Lipinski definition) is 1. The molecule has 4 heteroatoms. The quantitative estimate of drug-likeness (QED) is 0.807. The van der Waals surface area contributed by atoms with Crippen LogP contribution in [0.25, 0.3) is 0 Å². The fourth-order valence-corrected chi connectivity index (χ4v) is 4.45. The van der Waals surface area contributed by atoms with Gasteiger partial charge in [-0.1, -0.05) is 17.7 Å². The lowest BCUT2D eigenvalue weighted by Crippen LogP contribution is -2.37. The van der Waals surface area contributed by atoms with Crippen molar-refractivity contribution < 1.29 is 4.79 Å². The van der Waals surface area contributed by atoms with E-state index in [9.17, 15) is 4.79 Å². The lowest BCUT2D eigenvalue weighted by Gasteiger charge is -2.23. The fraction of sp³-hybridized carbons (Fsp3) is 0.611. The minimum atomic E-state index is 0.180. The zero-order valence-electron chi connectivity index (χ0n) is 13.2. The van der Waals surface area contributed by atoms with Gasteiger partial charge >= 0.3 is 0 Å². The molecule has 1 aliphatic carbocycles. The van der Waals surface area contributed by atoms with Crippen molar-refractivity contribution in [2.75, 3.05) is 19.6 Å². The molecule has 1 aliphatic heterocycles. The summed E-state index contributed by atoms with van der Waals surface area (Å²) in [4.78, 5) is 15.9. The molecule has 0 bridgehead atoms. The number of nitrogens with one attached hydrogen (secondary N) is 1. The molecule has 2 aliphatic rings. The molecule has 1 saturated heterocycles. The first kappa shape index (κ1) is 15.8. The van der Waals surface area contributed by atoms with Gasteiger partial charge in [0, 0.05) is 17.5 Å². The van der Waals surface area contributed by atoms with Crippen molar-refractivity contribution in [2.45, 2.75) is 51.0 Å². The first-order chi connectivity index (χ1) is 10.8. The van der Waals surface area contributed by atoms with Crippen LogP contribution in [0.3, 0.4) is 0 Å². The summed E-state index contributed by atoms with van der Waals surface area (Å²) in [7, 11) is 0. The minimum absolute atomic E-state index is 0.180. The van der Waals surface area contributed by atoms with Crippen molar-refractivity contribution in [3.8, 4) is 0 Å². The third-order valence-electron chi connectivity index (χ3n) is 4.74. The van der Waals surface area contributed by atoms with Crippen molar-refractivity contribution in [3.05, 3.63) is 34.0 Å². The van der Waals surface area contributed by atoms with Gasteiger partial charge in [-0.2, -0.15) is 0 Å². The van der Waals surface area contributed by atoms with Gasteiger partial charge in [0.15, 0.2) is 0 Å². The van der Waals surface area contributed by atoms with E-state index in [1.807, 2.05) is 0 Å². The van der Waals surface area contributed by atoms with Crippen LogP contribution in [0.2, 0.25) is 0 Å². The number of allylic oxidation sites excluding steroid dienone is 1. The molecule has 0 aromatic carbocycles. The molecule has 0 spiro atoms. The number of likely N-dealkylation sites (tertiary alicyclic amines) is 1. The Morgan fingerprint density at radius 3 is 3.09 bits per heavy atom. The summed E-state index contributed by atoms with van der Waals surface area (Å²) >= 11 is 1.81. The molecule has 1 amide bonds. The number of amides is 1. The van der Waals surface area contributed by atoms with Crippen LogP contribution in [0.1, 0.15) is 55.9 Å². The van der Waals surface area contributed by atoms with Crippen molar-refractivity contribution in [1.82, 2.24) is 10.2 Å². The third-order valence-corrected chi connectivity index (χ3v) is 5.71. The van der Waals surface area contributed by atoms with Gasteiger partial charge in [0.25, 0.3) is 0 Å². The van der Waals surface area contributed by atoms with Crippen molar-refractivity contribution >= 4 is 17.2 Å². The van der Waals surface area contributed by atoms with Crippen molar-refractivity contribution in [1.29, 1.82) is 0 Å². The van der Waals surface area contributed by atoms with Crippen molar-refractivity contribution in [2.24, 2.45) is 0 Å². The number of thiophene rings is 1. The summed E-state index contributed by atoms with van der Waals surface area (Å²) in [5.74, 6) is 0.180. The Morgan fingerprint density at radius 2 is 2.32 bits per heavy atom. The molecule has 120 valence electrons. The first-order valence-electron chi connectivity index (χ1n) is 8.55. The van der Waals surface area contributed by atoms with Crippen LogP contribution in [0.15, 0.2) is 29.2 Å². The van der Waals surface area contributed by atoms with Gasteiger partial charge < -0.3 is 5.32 Å². The lowest BCUT2D eigenvalue weighted by molar-refractivity contribution is -0.122. The van der Waals surface area contributed by atoms with Crippen molar-refractivity contribution in [3.63, 3.8) is 0 Å². The largest absolute Gasteiger partial charge is 0.355 e. The van der Waals surface area contributed by atoms with Crippen LogP contribution in [0.5, 0.6) is 0 Å². The van der Waals surface area contributed by atoms with E-state index in [2.05, 4.69) is 33.8 Å². The molecule has 1 fully saturated rings. The number of nitrogens with zero attached hydrogens (tertiary/aromatic N) is 1. The second-order valence-electron chi connectivity index (χ2n) is 6.35. The summed E-state index contributed by atoms with van der Waals surface area (Å²) in [6.45, 7) is 2.38.